The molecule has 0 saturated carbocycles. The van der Waals surface area contributed by atoms with Gasteiger partial charge < -0.3 is 5.32 Å². The van der Waals surface area contributed by atoms with E-state index < -0.39 is 0 Å². The topological polar surface area (TPSA) is 29.9 Å². The Kier molecular flexibility index (Phi) is 2.92. The fourth-order valence-electron chi connectivity index (χ4n) is 2.41. The Hall–Kier alpha value is -1.61. The number of nitrogens with one attached hydrogen (secondary N) is 1. The van der Waals surface area contributed by atoms with E-state index in [9.17, 15) is 0 Å². The zero-order valence-corrected chi connectivity index (χ0v) is 9.84. The third kappa shape index (κ3) is 2.24. The molecule has 1 saturated heterocycles. The van der Waals surface area contributed by atoms with Crippen molar-refractivity contribution in [2.45, 2.75) is 18.8 Å². The maximum absolute atomic E-state index is 4.45. The highest BCUT2D eigenvalue weighted by Crippen LogP contribution is 2.23. The van der Waals surface area contributed by atoms with E-state index in [4.69, 9.17) is 0 Å². The van der Waals surface area contributed by atoms with Crippen molar-refractivity contribution < 1.29 is 0 Å². The average Bonchev–Trinajstić information content (AvgIpc) is 2.90. The Morgan fingerprint density at radius 1 is 1.24 bits per heavy atom. The lowest BCUT2D eigenvalue weighted by molar-refractivity contribution is 0.461. The van der Waals surface area contributed by atoms with E-state index in [-0.39, 0.29) is 0 Å². The lowest BCUT2D eigenvalue weighted by Gasteiger charge is -2.21. The maximum atomic E-state index is 4.45. The maximum Gasteiger partial charge on any atom is 0.0645 e. The summed E-state index contributed by atoms with van der Waals surface area (Å²) in [6.45, 7) is 2.24. The summed E-state index contributed by atoms with van der Waals surface area (Å²) < 4.78 is 1.96. The Labute approximate surface area is 101 Å². The summed E-state index contributed by atoms with van der Waals surface area (Å²) in [6, 6.07) is 10.3. The minimum Gasteiger partial charge on any atom is -0.316 e. The molecule has 3 rings (SSSR count). The Morgan fingerprint density at radius 2 is 2.12 bits per heavy atom. The van der Waals surface area contributed by atoms with Gasteiger partial charge in [-0.15, -0.1) is 0 Å². The zero-order chi connectivity index (χ0) is 11.5. The highest BCUT2D eigenvalue weighted by atomic mass is 15.3. The van der Waals surface area contributed by atoms with Crippen molar-refractivity contribution in [1.29, 1.82) is 0 Å². The number of hydrogen-bond acceptors (Lipinski definition) is 2. The molecule has 0 amide bonds. The van der Waals surface area contributed by atoms with Gasteiger partial charge in [0.25, 0.3) is 0 Å². The molecule has 1 aromatic heterocycles. The van der Waals surface area contributed by atoms with Crippen molar-refractivity contribution in [2.75, 3.05) is 13.1 Å². The van der Waals surface area contributed by atoms with Gasteiger partial charge in [0.15, 0.2) is 0 Å². The van der Waals surface area contributed by atoms with Crippen LogP contribution in [0.15, 0.2) is 42.7 Å². The van der Waals surface area contributed by atoms with E-state index in [1.54, 1.807) is 0 Å². The summed E-state index contributed by atoms with van der Waals surface area (Å²) in [4.78, 5) is 0. The van der Waals surface area contributed by atoms with Crippen LogP contribution in [-0.2, 0) is 0 Å². The molecule has 1 unspecified atom stereocenters. The van der Waals surface area contributed by atoms with Gasteiger partial charge in [0.2, 0.25) is 0 Å². The van der Waals surface area contributed by atoms with Crippen LogP contribution in [0.4, 0.5) is 0 Å². The van der Waals surface area contributed by atoms with Crippen LogP contribution in [0, 0.1) is 0 Å². The van der Waals surface area contributed by atoms with Crippen LogP contribution in [0.2, 0.25) is 0 Å². The molecule has 3 heteroatoms. The number of piperidine rings is 1. The highest BCUT2D eigenvalue weighted by molar-refractivity contribution is 5.31. The fraction of sp³-hybridized carbons (Fsp3) is 0.357. The number of aromatic nitrogens is 2. The first-order chi connectivity index (χ1) is 8.43. The highest BCUT2D eigenvalue weighted by Gasteiger charge is 2.16. The summed E-state index contributed by atoms with van der Waals surface area (Å²) in [5.41, 5.74) is 2.48. The van der Waals surface area contributed by atoms with Gasteiger partial charge in [-0.2, -0.15) is 5.10 Å². The summed E-state index contributed by atoms with van der Waals surface area (Å²) in [5.74, 6) is 0.626. The van der Waals surface area contributed by atoms with Gasteiger partial charge in [0.05, 0.1) is 11.9 Å². The van der Waals surface area contributed by atoms with Gasteiger partial charge >= 0.3 is 0 Å². The fourth-order valence-corrected chi connectivity index (χ4v) is 2.41. The van der Waals surface area contributed by atoms with Crippen molar-refractivity contribution in [3.05, 3.63) is 48.3 Å². The van der Waals surface area contributed by atoms with E-state index in [0.29, 0.717) is 5.92 Å². The molecule has 1 aliphatic heterocycles. The average molecular weight is 227 g/mol. The van der Waals surface area contributed by atoms with Crippen LogP contribution in [0.5, 0.6) is 0 Å². The standard InChI is InChI=1S/C14H17N3/c1-2-6-14(7-3-1)17-11-13(10-16-17)12-5-4-8-15-9-12/h1-3,6-7,10-12,15H,4-5,8-9H2. The van der Waals surface area contributed by atoms with Crippen LogP contribution in [0.25, 0.3) is 5.69 Å². The molecule has 17 heavy (non-hydrogen) atoms. The molecule has 1 aliphatic rings. The number of nitrogens with zero attached hydrogens (tertiary/aromatic N) is 2. The van der Waals surface area contributed by atoms with Crippen LogP contribution < -0.4 is 5.32 Å². The largest absolute Gasteiger partial charge is 0.316 e. The van der Waals surface area contributed by atoms with Crippen LogP contribution >= 0.6 is 0 Å². The Bertz CT molecular complexity index is 469. The minimum absolute atomic E-state index is 0.626. The summed E-state index contributed by atoms with van der Waals surface area (Å²) >= 11 is 0. The first kappa shape index (κ1) is 10.5. The molecule has 0 spiro atoms. The van der Waals surface area contributed by atoms with Crippen molar-refractivity contribution in [1.82, 2.24) is 15.1 Å². The molecule has 1 atom stereocenters. The second-order valence-corrected chi connectivity index (χ2v) is 4.60. The number of hydrogen-bond donors (Lipinski definition) is 1. The molecule has 3 nitrogen and oxygen atoms in total. The molecule has 0 radical (unpaired) electrons. The summed E-state index contributed by atoms with van der Waals surface area (Å²) in [7, 11) is 0. The van der Waals surface area contributed by atoms with Crippen LogP contribution in [0.3, 0.4) is 0 Å². The van der Waals surface area contributed by atoms with Crippen molar-refractivity contribution in [3.63, 3.8) is 0 Å². The summed E-state index contributed by atoms with van der Waals surface area (Å²) in [6.07, 6.45) is 6.70. The van der Waals surface area contributed by atoms with Crippen molar-refractivity contribution in [2.24, 2.45) is 0 Å². The number of para-hydroxylation sites is 1. The van der Waals surface area contributed by atoms with E-state index in [1.165, 1.54) is 18.4 Å². The lowest BCUT2D eigenvalue weighted by atomic mass is 9.94. The number of rotatable bonds is 2. The molecular formula is C14H17N3. The Balaban J connectivity index is 1.83. The van der Waals surface area contributed by atoms with Crippen molar-refractivity contribution >= 4 is 0 Å². The van der Waals surface area contributed by atoms with Gasteiger partial charge in [-0.25, -0.2) is 4.68 Å². The first-order valence-electron chi connectivity index (χ1n) is 6.24. The second-order valence-electron chi connectivity index (χ2n) is 4.60. The molecule has 0 aliphatic carbocycles. The first-order valence-corrected chi connectivity index (χ1v) is 6.24. The van der Waals surface area contributed by atoms with Gasteiger partial charge in [0, 0.05) is 12.7 Å². The third-order valence-corrected chi connectivity index (χ3v) is 3.39. The van der Waals surface area contributed by atoms with Crippen molar-refractivity contribution in [3.8, 4) is 5.69 Å². The Morgan fingerprint density at radius 3 is 2.88 bits per heavy atom. The van der Waals surface area contributed by atoms with E-state index >= 15 is 0 Å². The minimum atomic E-state index is 0.626. The predicted octanol–water partition coefficient (Wildman–Crippen LogP) is 2.34. The monoisotopic (exact) mass is 227 g/mol. The SMILES string of the molecule is c1ccc(-n2cc(C3CCCNC3)cn2)cc1. The molecule has 2 aromatic rings. The molecule has 2 heterocycles. The lowest BCUT2D eigenvalue weighted by Crippen LogP contribution is -2.28. The second kappa shape index (κ2) is 4.72. The summed E-state index contributed by atoms with van der Waals surface area (Å²) in [5, 5.41) is 7.90. The van der Waals surface area contributed by atoms with Crippen LogP contribution in [-0.4, -0.2) is 22.9 Å². The predicted molar refractivity (Wildman–Crippen MR) is 68.4 cm³/mol. The normalized spacial score (nSPS) is 20.4. The molecule has 1 N–H and O–H groups in total. The van der Waals surface area contributed by atoms with Gasteiger partial charge in [-0.3, -0.25) is 0 Å². The van der Waals surface area contributed by atoms with E-state index in [0.717, 1.165) is 18.8 Å². The van der Waals surface area contributed by atoms with Crippen LogP contribution in [0.1, 0.15) is 24.3 Å². The smallest absolute Gasteiger partial charge is 0.0645 e. The molecule has 0 bridgehead atoms. The molecule has 1 fully saturated rings. The van der Waals surface area contributed by atoms with Gasteiger partial charge in [-0.1, -0.05) is 18.2 Å². The molecular weight excluding hydrogens is 210 g/mol. The number of benzene rings is 1. The molecule has 88 valence electrons. The van der Waals surface area contributed by atoms with Gasteiger partial charge in [0.1, 0.15) is 0 Å². The zero-order valence-electron chi connectivity index (χ0n) is 9.84. The van der Waals surface area contributed by atoms with E-state index in [1.807, 2.05) is 29.1 Å². The third-order valence-electron chi connectivity index (χ3n) is 3.39. The quantitative estimate of drug-likeness (QED) is 0.853. The van der Waals surface area contributed by atoms with E-state index in [2.05, 4.69) is 28.7 Å². The van der Waals surface area contributed by atoms with Gasteiger partial charge in [-0.05, 0) is 43.0 Å². The molecule has 1 aromatic carbocycles.